The van der Waals surface area contributed by atoms with Gasteiger partial charge in [0, 0.05) is 34.0 Å². The first kappa shape index (κ1) is 26.2. The van der Waals surface area contributed by atoms with Gasteiger partial charge in [0.15, 0.2) is 5.11 Å². The normalized spacial score (nSPS) is 17.5. The maximum atomic E-state index is 11.8. The lowest BCUT2D eigenvalue weighted by Gasteiger charge is -2.29. The van der Waals surface area contributed by atoms with E-state index in [-0.39, 0.29) is 12.1 Å². The Kier molecular flexibility index (Phi) is 6.94. The average molecular weight is 566 g/mol. The van der Waals surface area contributed by atoms with Crippen LogP contribution in [-0.4, -0.2) is 29.3 Å². The standard InChI is InChI=1S/C28H28ClN5O2S2/c1-17-15-22(12-13-24(17)32-38(4,35)36)34-27(26(31-28(34)37)25-7-5-6-14-30-25)23-16-18(2)33(19(23)3)21-10-8-20(29)9-11-21/h5-16,26-27,32H,1-4H3,(H,31,37)/t26-,27+/m0/s1. The van der Waals surface area contributed by atoms with Crippen molar-refractivity contribution in [2.75, 3.05) is 15.9 Å². The summed E-state index contributed by atoms with van der Waals surface area (Å²) in [6.45, 7) is 6.07. The van der Waals surface area contributed by atoms with Crippen LogP contribution < -0.4 is 14.9 Å². The molecule has 0 spiro atoms. The smallest absolute Gasteiger partial charge is 0.229 e. The zero-order chi connectivity index (χ0) is 27.2. The van der Waals surface area contributed by atoms with Crippen molar-refractivity contribution >= 4 is 50.3 Å². The lowest BCUT2D eigenvalue weighted by Crippen LogP contribution is -2.29. The molecule has 0 unspecified atom stereocenters. The molecule has 0 aliphatic carbocycles. The third-order valence-electron chi connectivity index (χ3n) is 6.76. The summed E-state index contributed by atoms with van der Waals surface area (Å²) in [5.74, 6) is 0. The van der Waals surface area contributed by atoms with Gasteiger partial charge in [-0.25, -0.2) is 8.42 Å². The third-order valence-corrected chi connectivity index (χ3v) is 7.91. The van der Waals surface area contributed by atoms with Crippen LogP contribution in [0.5, 0.6) is 0 Å². The quantitative estimate of drug-likeness (QED) is 0.279. The molecule has 2 N–H and O–H groups in total. The minimum absolute atomic E-state index is 0.197. The number of thiocarbonyl (C=S) groups is 1. The summed E-state index contributed by atoms with van der Waals surface area (Å²) in [5.41, 5.74) is 7.37. The number of rotatable bonds is 6. The minimum atomic E-state index is -3.40. The SMILES string of the molecule is Cc1cc(N2C(=S)N[C@@H](c3ccccn3)[C@H]2c2cc(C)n(-c3ccc(Cl)cc3)c2C)ccc1NS(C)(=O)=O. The molecular weight excluding hydrogens is 538 g/mol. The molecule has 38 heavy (non-hydrogen) atoms. The Morgan fingerprint density at radius 3 is 2.34 bits per heavy atom. The number of halogens is 1. The fraction of sp³-hybridized carbons (Fsp3) is 0.214. The van der Waals surface area contributed by atoms with Gasteiger partial charge in [0.1, 0.15) is 0 Å². The second kappa shape index (κ2) is 10.1. The molecule has 1 aliphatic heterocycles. The maximum Gasteiger partial charge on any atom is 0.229 e. The summed E-state index contributed by atoms with van der Waals surface area (Å²) in [7, 11) is -3.40. The van der Waals surface area contributed by atoms with E-state index in [1.807, 2.05) is 61.5 Å². The zero-order valence-corrected chi connectivity index (χ0v) is 23.8. The Labute approximate surface area is 233 Å². The molecular formula is C28H28ClN5O2S2. The molecule has 3 heterocycles. The van der Waals surface area contributed by atoms with Crippen molar-refractivity contribution in [3.8, 4) is 5.69 Å². The maximum absolute atomic E-state index is 11.8. The Morgan fingerprint density at radius 2 is 1.71 bits per heavy atom. The number of nitrogens with zero attached hydrogens (tertiary/aromatic N) is 3. The molecule has 0 bridgehead atoms. The summed E-state index contributed by atoms with van der Waals surface area (Å²) in [6.07, 6.45) is 2.93. The van der Waals surface area contributed by atoms with Crippen molar-refractivity contribution in [1.29, 1.82) is 0 Å². The van der Waals surface area contributed by atoms with Gasteiger partial charge < -0.3 is 14.8 Å². The highest BCUT2D eigenvalue weighted by Crippen LogP contribution is 2.44. The molecule has 0 radical (unpaired) electrons. The Morgan fingerprint density at radius 1 is 1.00 bits per heavy atom. The van der Waals surface area contributed by atoms with Crippen molar-refractivity contribution in [3.63, 3.8) is 0 Å². The van der Waals surface area contributed by atoms with Crippen molar-refractivity contribution in [2.45, 2.75) is 32.9 Å². The van der Waals surface area contributed by atoms with Crippen LogP contribution in [0.15, 0.2) is 72.9 Å². The number of hydrogen-bond donors (Lipinski definition) is 2. The van der Waals surface area contributed by atoms with Crippen molar-refractivity contribution < 1.29 is 8.42 Å². The monoisotopic (exact) mass is 565 g/mol. The predicted molar refractivity (Wildman–Crippen MR) is 158 cm³/mol. The van der Waals surface area contributed by atoms with Gasteiger partial charge in [-0.3, -0.25) is 9.71 Å². The van der Waals surface area contributed by atoms with Crippen molar-refractivity contribution in [2.24, 2.45) is 0 Å². The van der Waals surface area contributed by atoms with Gasteiger partial charge in [0.2, 0.25) is 10.0 Å². The Bertz CT molecular complexity index is 1620. The number of anilines is 2. The molecule has 10 heteroatoms. The van der Waals surface area contributed by atoms with Crippen molar-refractivity contribution in [3.05, 3.63) is 106 Å². The van der Waals surface area contributed by atoms with Crippen LogP contribution in [0.4, 0.5) is 11.4 Å². The lowest BCUT2D eigenvalue weighted by molar-refractivity contribution is 0.565. The molecule has 7 nitrogen and oxygen atoms in total. The molecule has 2 atom stereocenters. The van der Waals surface area contributed by atoms with Crippen LogP contribution in [0.2, 0.25) is 5.02 Å². The van der Waals surface area contributed by atoms with Crippen LogP contribution >= 0.6 is 23.8 Å². The summed E-state index contributed by atoms with van der Waals surface area (Å²) >= 11 is 12.0. The van der Waals surface area contributed by atoms with Crippen LogP contribution in [-0.2, 0) is 10.0 Å². The van der Waals surface area contributed by atoms with Crippen LogP contribution in [0.3, 0.4) is 0 Å². The summed E-state index contributed by atoms with van der Waals surface area (Å²) in [5, 5.41) is 4.76. The molecule has 0 saturated carbocycles. The van der Waals surface area contributed by atoms with Gasteiger partial charge in [-0.15, -0.1) is 0 Å². The fourth-order valence-electron chi connectivity index (χ4n) is 5.14. The minimum Gasteiger partial charge on any atom is -0.351 e. The van der Waals surface area contributed by atoms with Crippen molar-refractivity contribution in [1.82, 2.24) is 14.9 Å². The molecule has 1 fully saturated rings. The molecule has 1 saturated heterocycles. The van der Waals surface area contributed by atoms with E-state index < -0.39 is 10.0 Å². The molecule has 2 aromatic carbocycles. The first-order chi connectivity index (χ1) is 18.0. The Balaban J connectivity index is 1.65. The number of aryl methyl sites for hydroxylation is 2. The van der Waals surface area contributed by atoms with E-state index in [0.717, 1.165) is 45.8 Å². The molecule has 0 amide bonds. The van der Waals surface area contributed by atoms with E-state index in [9.17, 15) is 8.42 Å². The summed E-state index contributed by atoms with van der Waals surface area (Å²) in [4.78, 5) is 6.75. The molecule has 4 aromatic rings. The summed E-state index contributed by atoms with van der Waals surface area (Å²) < 4.78 is 28.4. The van der Waals surface area contributed by atoms with Gasteiger partial charge in [0.25, 0.3) is 0 Å². The lowest BCUT2D eigenvalue weighted by atomic mass is 9.96. The number of nitrogens with one attached hydrogen (secondary N) is 2. The largest absolute Gasteiger partial charge is 0.351 e. The van der Waals surface area contributed by atoms with E-state index in [0.29, 0.717) is 15.8 Å². The summed E-state index contributed by atoms with van der Waals surface area (Å²) in [6, 6.07) is 21.1. The average Bonchev–Trinajstić information content (AvgIpc) is 3.36. The highest BCUT2D eigenvalue weighted by molar-refractivity contribution is 7.92. The molecule has 2 aromatic heterocycles. The highest BCUT2D eigenvalue weighted by atomic mass is 35.5. The van der Waals surface area contributed by atoms with E-state index in [1.165, 1.54) is 0 Å². The first-order valence-corrected chi connectivity index (χ1v) is 14.7. The number of aromatic nitrogens is 2. The van der Waals surface area contributed by atoms with E-state index in [2.05, 4.69) is 44.4 Å². The number of hydrogen-bond acceptors (Lipinski definition) is 4. The predicted octanol–water partition coefficient (Wildman–Crippen LogP) is 6.00. The molecule has 1 aliphatic rings. The van der Waals surface area contributed by atoms with E-state index in [4.69, 9.17) is 23.8 Å². The molecule has 196 valence electrons. The first-order valence-electron chi connectivity index (χ1n) is 12.1. The van der Waals surface area contributed by atoms with E-state index in [1.54, 1.807) is 12.3 Å². The second-order valence-corrected chi connectivity index (χ2v) is 12.1. The van der Waals surface area contributed by atoms with E-state index >= 15 is 0 Å². The van der Waals surface area contributed by atoms with Gasteiger partial charge >= 0.3 is 0 Å². The van der Waals surface area contributed by atoms with Gasteiger partial charge in [0.05, 0.1) is 29.7 Å². The third kappa shape index (κ3) is 5.01. The highest BCUT2D eigenvalue weighted by Gasteiger charge is 2.42. The van der Waals surface area contributed by atoms with Gasteiger partial charge in [-0.05, 0) is 105 Å². The Hall–Kier alpha value is -3.40. The number of pyridine rings is 1. The van der Waals surface area contributed by atoms with Gasteiger partial charge in [-0.2, -0.15) is 0 Å². The van der Waals surface area contributed by atoms with Gasteiger partial charge in [-0.1, -0.05) is 17.7 Å². The molecule has 5 rings (SSSR count). The topological polar surface area (TPSA) is 79.3 Å². The number of sulfonamides is 1. The zero-order valence-electron chi connectivity index (χ0n) is 21.4. The van der Waals surface area contributed by atoms with Crippen LogP contribution in [0, 0.1) is 20.8 Å². The number of benzene rings is 2. The second-order valence-electron chi connectivity index (χ2n) is 9.51. The fourth-order valence-corrected chi connectivity index (χ4v) is 6.24. The van der Waals surface area contributed by atoms with Crippen LogP contribution in [0.25, 0.3) is 5.69 Å². The van der Waals surface area contributed by atoms with Crippen LogP contribution in [0.1, 0.15) is 40.3 Å².